The van der Waals surface area contributed by atoms with E-state index in [2.05, 4.69) is 10.6 Å². The smallest absolute Gasteiger partial charge is 0.315 e. The quantitative estimate of drug-likeness (QED) is 0.767. The van der Waals surface area contributed by atoms with Crippen LogP contribution in [0.1, 0.15) is 29.2 Å². The van der Waals surface area contributed by atoms with Crippen LogP contribution in [0.4, 0.5) is 9.18 Å². The summed E-state index contributed by atoms with van der Waals surface area (Å²) in [5.41, 5.74) is 2.10. The van der Waals surface area contributed by atoms with Crippen LogP contribution in [0.25, 0.3) is 0 Å². The maximum Gasteiger partial charge on any atom is 0.315 e. The van der Waals surface area contributed by atoms with Gasteiger partial charge in [0.25, 0.3) is 0 Å². The standard InChI is InChI=1S/C18H21FN2O2/c1-13-7-8-14(11-16(13)19)12-21-18(23)20-10-9-17(22)15-5-3-2-4-6-15/h2-8,11,17,22H,9-10,12H2,1H3,(H2,20,21,23). The molecule has 2 rings (SSSR count). The molecule has 0 aliphatic carbocycles. The predicted octanol–water partition coefficient (Wildman–Crippen LogP) is 3.06. The van der Waals surface area contributed by atoms with E-state index in [9.17, 15) is 14.3 Å². The number of hydrogen-bond donors (Lipinski definition) is 3. The Labute approximate surface area is 135 Å². The topological polar surface area (TPSA) is 61.4 Å². The van der Waals surface area contributed by atoms with E-state index in [1.54, 1.807) is 19.1 Å². The van der Waals surface area contributed by atoms with Gasteiger partial charge in [0, 0.05) is 13.1 Å². The minimum atomic E-state index is -0.609. The second-order valence-corrected chi connectivity index (χ2v) is 5.41. The molecule has 0 saturated heterocycles. The van der Waals surface area contributed by atoms with E-state index in [0.29, 0.717) is 24.1 Å². The molecule has 3 N–H and O–H groups in total. The fraction of sp³-hybridized carbons (Fsp3) is 0.278. The highest BCUT2D eigenvalue weighted by molar-refractivity contribution is 5.73. The summed E-state index contributed by atoms with van der Waals surface area (Å²) in [6.45, 7) is 2.30. The molecule has 5 heteroatoms. The number of aliphatic hydroxyl groups excluding tert-OH is 1. The van der Waals surface area contributed by atoms with Crippen molar-refractivity contribution in [3.05, 3.63) is 71.0 Å². The number of urea groups is 1. The normalized spacial score (nSPS) is 11.8. The van der Waals surface area contributed by atoms with Crippen molar-refractivity contribution in [1.29, 1.82) is 0 Å². The molecule has 2 aromatic carbocycles. The van der Waals surface area contributed by atoms with Crippen molar-refractivity contribution >= 4 is 6.03 Å². The maximum atomic E-state index is 13.4. The zero-order valence-corrected chi connectivity index (χ0v) is 13.1. The van der Waals surface area contributed by atoms with Crippen LogP contribution in [0.2, 0.25) is 0 Å². The third kappa shape index (κ3) is 5.38. The van der Waals surface area contributed by atoms with Gasteiger partial charge in [0.05, 0.1) is 6.10 Å². The summed E-state index contributed by atoms with van der Waals surface area (Å²) >= 11 is 0. The molecule has 23 heavy (non-hydrogen) atoms. The lowest BCUT2D eigenvalue weighted by molar-refractivity contribution is 0.167. The minimum absolute atomic E-state index is 0.254. The number of carbonyl (C=O) groups is 1. The zero-order valence-electron chi connectivity index (χ0n) is 13.1. The van der Waals surface area contributed by atoms with E-state index in [0.717, 1.165) is 5.56 Å². The Balaban J connectivity index is 1.70. The average molecular weight is 316 g/mol. The van der Waals surface area contributed by atoms with Gasteiger partial charge in [-0.2, -0.15) is 0 Å². The molecule has 0 spiro atoms. The van der Waals surface area contributed by atoms with Crippen LogP contribution in [0.3, 0.4) is 0 Å². The Kier molecular flexibility index (Phi) is 6.11. The monoisotopic (exact) mass is 316 g/mol. The van der Waals surface area contributed by atoms with Crippen LogP contribution >= 0.6 is 0 Å². The molecule has 2 aromatic rings. The van der Waals surface area contributed by atoms with Crippen LogP contribution in [0, 0.1) is 12.7 Å². The van der Waals surface area contributed by atoms with Crippen LogP contribution in [0.5, 0.6) is 0 Å². The maximum absolute atomic E-state index is 13.4. The van der Waals surface area contributed by atoms with E-state index >= 15 is 0 Å². The van der Waals surface area contributed by atoms with Gasteiger partial charge in [0.1, 0.15) is 5.82 Å². The largest absolute Gasteiger partial charge is 0.388 e. The van der Waals surface area contributed by atoms with Gasteiger partial charge in [-0.25, -0.2) is 9.18 Å². The van der Waals surface area contributed by atoms with Crippen LogP contribution in [0.15, 0.2) is 48.5 Å². The second kappa shape index (κ2) is 8.29. The Morgan fingerprint density at radius 1 is 1.17 bits per heavy atom. The highest BCUT2D eigenvalue weighted by Crippen LogP contribution is 2.14. The first-order valence-corrected chi connectivity index (χ1v) is 7.56. The van der Waals surface area contributed by atoms with Crippen LogP contribution in [-0.4, -0.2) is 17.7 Å². The number of benzene rings is 2. The number of rotatable bonds is 6. The van der Waals surface area contributed by atoms with E-state index in [1.165, 1.54) is 6.07 Å². The lowest BCUT2D eigenvalue weighted by Crippen LogP contribution is -2.36. The molecule has 1 atom stereocenters. The second-order valence-electron chi connectivity index (χ2n) is 5.41. The van der Waals surface area contributed by atoms with Crippen molar-refractivity contribution in [2.24, 2.45) is 0 Å². The summed E-state index contributed by atoms with van der Waals surface area (Å²) in [7, 11) is 0. The molecular formula is C18H21FN2O2. The molecule has 0 heterocycles. The van der Waals surface area contributed by atoms with Crippen LogP contribution in [-0.2, 0) is 6.54 Å². The van der Waals surface area contributed by atoms with Gasteiger partial charge < -0.3 is 15.7 Å². The molecule has 4 nitrogen and oxygen atoms in total. The van der Waals surface area contributed by atoms with Gasteiger partial charge >= 0.3 is 6.03 Å². The summed E-state index contributed by atoms with van der Waals surface area (Å²) in [5.74, 6) is -0.282. The van der Waals surface area contributed by atoms with Crippen LogP contribution < -0.4 is 10.6 Å². The zero-order chi connectivity index (χ0) is 16.7. The number of nitrogens with one attached hydrogen (secondary N) is 2. The molecule has 2 amide bonds. The van der Waals surface area contributed by atoms with E-state index < -0.39 is 6.10 Å². The molecule has 0 saturated carbocycles. The first-order valence-electron chi connectivity index (χ1n) is 7.56. The predicted molar refractivity (Wildman–Crippen MR) is 87.4 cm³/mol. The van der Waals surface area contributed by atoms with Gasteiger partial charge in [0.2, 0.25) is 0 Å². The van der Waals surface area contributed by atoms with Crippen molar-refractivity contribution in [2.45, 2.75) is 26.0 Å². The number of halogens is 1. The molecule has 0 fully saturated rings. The molecule has 0 radical (unpaired) electrons. The summed E-state index contributed by atoms with van der Waals surface area (Å²) in [6.07, 6.45) is -0.181. The Bertz CT molecular complexity index is 647. The third-order valence-electron chi connectivity index (χ3n) is 3.58. The number of carbonyl (C=O) groups excluding carboxylic acids is 1. The number of hydrogen-bond acceptors (Lipinski definition) is 2. The highest BCUT2D eigenvalue weighted by Gasteiger charge is 2.08. The SMILES string of the molecule is Cc1ccc(CNC(=O)NCCC(O)c2ccccc2)cc1F. The number of aliphatic hydroxyl groups is 1. The van der Waals surface area contributed by atoms with Gasteiger partial charge in [0.15, 0.2) is 0 Å². The van der Waals surface area contributed by atoms with Gasteiger partial charge in [-0.1, -0.05) is 42.5 Å². The van der Waals surface area contributed by atoms with Crippen molar-refractivity contribution in [2.75, 3.05) is 6.54 Å². The van der Waals surface area contributed by atoms with E-state index in [-0.39, 0.29) is 18.4 Å². The minimum Gasteiger partial charge on any atom is -0.388 e. The van der Waals surface area contributed by atoms with Gasteiger partial charge in [-0.05, 0) is 36.1 Å². The molecule has 0 bridgehead atoms. The number of amides is 2. The van der Waals surface area contributed by atoms with Crippen molar-refractivity contribution < 1.29 is 14.3 Å². The fourth-order valence-corrected chi connectivity index (χ4v) is 2.16. The lowest BCUT2D eigenvalue weighted by atomic mass is 10.1. The first kappa shape index (κ1) is 17.0. The van der Waals surface area contributed by atoms with Gasteiger partial charge in [-0.15, -0.1) is 0 Å². The molecule has 1 unspecified atom stereocenters. The molecule has 122 valence electrons. The van der Waals surface area contributed by atoms with E-state index in [1.807, 2.05) is 30.3 Å². The highest BCUT2D eigenvalue weighted by atomic mass is 19.1. The molecule has 0 aromatic heterocycles. The molecular weight excluding hydrogens is 295 g/mol. The first-order chi connectivity index (χ1) is 11.1. The fourth-order valence-electron chi connectivity index (χ4n) is 2.16. The summed E-state index contributed by atoms with van der Waals surface area (Å²) in [4.78, 5) is 11.7. The van der Waals surface area contributed by atoms with Crippen molar-refractivity contribution in [1.82, 2.24) is 10.6 Å². The Morgan fingerprint density at radius 3 is 2.61 bits per heavy atom. The molecule has 0 aliphatic heterocycles. The van der Waals surface area contributed by atoms with Crippen molar-refractivity contribution in [3.63, 3.8) is 0 Å². The van der Waals surface area contributed by atoms with E-state index in [4.69, 9.17) is 0 Å². The summed E-state index contributed by atoms with van der Waals surface area (Å²) < 4.78 is 13.4. The van der Waals surface area contributed by atoms with Crippen molar-refractivity contribution in [3.8, 4) is 0 Å². The lowest BCUT2D eigenvalue weighted by Gasteiger charge is -2.12. The summed E-state index contributed by atoms with van der Waals surface area (Å²) in [6, 6.07) is 13.8. The summed E-state index contributed by atoms with van der Waals surface area (Å²) in [5, 5.41) is 15.3. The average Bonchev–Trinajstić information content (AvgIpc) is 2.56. The Hall–Kier alpha value is -2.40. The third-order valence-corrected chi connectivity index (χ3v) is 3.58. The Morgan fingerprint density at radius 2 is 1.91 bits per heavy atom. The van der Waals surface area contributed by atoms with Gasteiger partial charge in [-0.3, -0.25) is 0 Å². The molecule has 0 aliphatic rings. The number of aryl methyl sites for hydroxylation is 1.